The van der Waals surface area contributed by atoms with Gasteiger partial charge in [0.05, 0.1) is 11.7 Å². The number of esters is 1. The lowest BCUT2D eigenvalue weighted by Gasteiger charge is -2.24. The number of hydrogen-bond acceptors (Lipinski definition) is 6. The number of rotatable bonds is 6. The summed E-state index contributed by atoms with van der Waals surface area (Å²) in [6.07, 6.45) is 2.09. The first kappa shape index (κ1) is 19.1. The minimum Gasteiger partial charge on any atom is -0.454 e. The van der Waals surface area contributed by atoms with Crippen molar-refractivity contribution in [3.63, 3.8) is 0 Å². The average Bonchev–Trinajstić information content (AvgIpc) is 2.83. The predicted octanol–water partition coefficient (Wildman–Crippen LogP) is 1.92. The van der Waals surface area contributed by atoms with E-state index in [9.17, 15) is 14.4 Å². The first-order chi connectivity index (χ1) is 11.6. The zero-order valence-electron chi connectivity index (χ0n) is 15.1. The lowest BCUT2D eigenvalue weighted by molar-refractivity contribution is -0.149. The minimum absolute atomic E-state index is 0.277. The SMILES string of the molecule is CCC(C)(C)NC(=O)COC(=O)Cn1cnc2sc(C)c(C)c2c1=O. The van der Waals surface area contributed by atoms with E-state index in [1.807, 2.05) is 34.6 Å². The molecule has 0 aromatic carbocycles. The van der Waals surface area contributed by atoms with E-state index in [0.717, 1.165) is 16.9 Å². The molecule has 0 saturated carbocycles. The molecule has 0 bridgehead atoms. The van der Waals surface area contributed by atoms with Crippen LogP contribution >= 0.6 is 11.3 Å². The Balaban J connectivity index is 2.03. The van der Waals surface area contributed by atoms with Gasteiger partial charge in [-0.3, -0.25) is 19.0 Å². The smallest absolute Gasteiger partial charge is 0.326 e. The summed E-state index contributed by atoms with van der Waals surface area (Å²) in [5, 5.41) is 3.30. The van der Waals surface area contributed by atoms with E-state index in [1.54, 1.807) is 0 Å². The molecule has 0 fully saturated rings. The van der Waals surface area contributed by atoms with Crippen molar-refractivity contribution in [2.24, 2.45) is 0 Å². The van der Waals surface area contributed by atoms with E-state index in [-0.39, 0.29) is 30.2 Å². The Bertz CT molecular complexity index is 867. The van der Waals surface area contributed by atoms with Crippen molar-refractivity contribution >= 4 is 33.4 Å². The van der Waals surface area contributed by atoms with Crippen molar-refractivity contribution in [3.8, 4) is 0 Å². The lowest BCUT2D eigenvalue weighted by Crippen LogP contribution is -2.44. The Hall–Kier alpha value is -2.22. The molecule has 136 valence electrons. The largest absolute Gasteiger partial charge is 0.454 e. The van der Waals surface area contributed by atoms with E-state index in [1.165, 1.54) is 22.2 Å². The molecule has 0 aliphatic rings. The van der Waals surface area contributed by atoms with Gasteiger partial charge in [-0.05, 0) is 39.7 Å². The summed E-state index contributed by atoms with van der Waals surface area (Å²) in [6, 6.07) is 0. The van der Waals surface area contributed by atoms with Gasteiger partial charge in [0, 0.05) is 10.4 Å². The molecule has 0 unspecified atom stereocenters. The van der Waals surface area contributed by atoms with E-state index < -0.39 is 5.97 Å². The molecule has 1 amide bonds. The molecule has 0 saturated heterocycles. The highest BCUT2D eigenvalue weighted by atomic mass is 32.1. The average molecular weight is 365 g/mol. The Morgan fingerprint density at radius 1 is 1.36 bits per heavy atom. The summed E-state index contributed by atoms with van der Waals surface area (Å²) in [4.78, 5) is 42.2. The quantitative estimate of drug-likeness (QED) is 0.790. The fourth-order valence-corrected chi connectivity index (χ4v) is 3.20. The molecule has 0 radical (unpaired) electrons. The number of nitrogens with zero attached hydrogens (tertiary/aromatic N) is 2. The first-order valence-corrected chi connectivity index (χ1v) is 8.88. The third-order valence-corrected chi connectivity index (χ3v) is 5.30. The zero-order valence-corrected chi connectivity index (χ0v) is 16.0. The number of aryl methyl sites for hydroxylation is 2. The lowest BCUT2D eigenvalue weighted by atomic mass is 10.0. The monoisotopic (exact) mass is 365 g/mol. The molecular formula is C17H23N3O4S. The van der Waals surface area contributed by atoms with Gasteiger partial charge in [0.15, 0.2) is 6.61 Å². The summed E-state index contributed by atoms with van der Waals surface area (Å²) < 4.78 is 6.17. The molecule has 2 aromatic heterocycles. The second kappa shape index (κ2) is 7.35. The van der Waals surface area contributed by atoms with Gasteiger partial charge in [-0.2, -0.15) is 0 Å². The molecule has 2 heterocycles. The van der Waals surface area contributed by atoms with Gasteiger partial charge in [-0.1, -0.05) is 6.92 Å². The minimum atomic E-state index is -0.655. The summed E-state index contributed by atoms with van der Waals surface area (Å²) in [5.41, 5.74) is 0.241. The molecule has 0 atom stereocenters. The highest BCUT2D eigenvalue weighted by Crippen LogP contribution is 2.25. The van der Waals surface area contributed by atoms with E-state index in [0.29, 0.717) is 10.2 Å². The van der Waals surface area contributed by atoms with Crippen LogP contribution in [-0.4, -0.2) is 33.6 Å². The van der Waals surface area contributed by atoms with Crippen LogP contribution in [0, 0.1) is 13.8 Å². The van der Waals surface area contributed by atoms with Crippen LogP contribution in [0.2, 0.25) is 0 Å². The number of fused-ring (bicyclic) bond motifs is 1. The predicted molar refractivity (Wildman–Crippen MR) is 96.8 cm³/mol. The maximum Gasteiger partial charge on any atom is 0.326 e. The van der Waals surface area contributed by atoms with Crippen molar-refractivity contribution in [2.45, 2.75) is 53.1 Å². The number of ether oxygens (including phenoxy) is 1. The van der Waals surface area contributed by atoms with Crippen LogP contribution in [-0.2, 0) is 20.9 Å². The van der Waals surface area contributed by atoms with E-state index in [4.69, 9.17) is 4.74 Å². The number of thiophene rings is 1. The van der Waals surface area contributed by atoms with Crippen molar-refractivity contribution in [1.82, 2.24) is 14.9 Å². The third kappa shape index (κ3) is 4.45. The van der Waals surface area contributed by atoms with Crippen molar-refractivity contribution in [3.05, 3.63) is 27.1 Å². The molecule has 0 aliphatic heterocycles. The molecule has 25 heavy (non-hydrogen) atoms. The number of hydrogen-bond donors (Lipinski definition) is 1. The Kier molecular flexibility index (Phi) is 5.62. The first-order valence-electron chi connectivity index (χ1n) is 8.06. The summed E-state index contributed by atoms with van der Waals surface area (Å²) in [7, 11) is 0. The van der Waals surface area contributed by atoms with Crippen LogP contribution in [0.1, 0.15) is 37.6 Å². The van der Waals surface area contributed by atoms with Gasteiger partial charge < -0.3 is 10.1 Å². The maximum absolute atomic E-state index is 12.5. The number of carbonyl (C=O) groups is 2. The molecule has 0 spiro atoms. The molecule has 7 nitrogen and oxygen atoms in total. The Morgan fingerprint density at radius 2 is 2.04 bits per heavy atom. The highest BCUT2D eigenvalue weighted by Gasteiger charge is 2.19. The second-order valence-corrected chi connectivity index (χ2v) is 7.79. The topological polar surface area (TPSA) is 90.3 Å². The number of nitrogens with one attached hydrogen (secondary N) is 1. The highest BCUT2D eigenvalue weighted by molar-refractivity contribution is 7.18. The normalized spacial score (nSPS) is 11.6. The van der Waals surface area contributed by atoms with Gasteiger partial charge in [0.25, 0.3) is 11.5 Å². The molecule has 1 N–H and O–H groups in total. The number of amides is 1. The van der Waals surface area contributed by atoms with E-state index >= 15 is 0 Å². The summed E-state index contributed by atoms with van der Waals surface area (Å²) >= 11 is 1.45. The van der Waals surface area contributed by atoms with Crippen molar-refractivity contribution < 1.29 is 14.3 Å². The van der Waals surface area contributed by atoms with E-state index in [2.05, 4.69) is 10.3 Å². The molecule has 8 heteroatoms. The van der Waals surface area contributed by atoms with Crippen LogP contribution in [0.4, 0.5) is 0 Å². The summed E-state index contributed by atoms with van der Waals surface area (Å²) in [6.45, 7) is 8.87. The van der Waals surface area contributed by atoms with Gasteiger partial charge in [0.2, 0.25) is 0 Å². The summed E-state index contributed by atoms with van der Waals surface area (Å²) in [5.74, 6) is -1.03. The van der Waals surface area contributed by atoms with Gasteiger partial charge in [0.1, 0.15) is 11.4 Å². The van der Waals surface area contributed by atoms with Crippen LogP contribution in [0.25, 0.3) is 10.2 Å². The zero-order chi connectivity index (χ0) is 18.8. The van der Waals surface area contributed by atoms with Crippen LogP contribution in [0.5, 0.6) is 0 Å². The maximum atomic E-state index is 12.5. The number of aromatic nitrogens is 2. The Labute approximate surface area is 150 Å². The molecule has 0 aliphatic carbocycles. The second-order valence-electron chi connectivity index (χ2n) is 6.59. The van der Waals surface area contributed by atoms with Gasteiger partial charge >= 0.3 is 5.97 Å². The van der Waals surface area contributed by atoms with Crippen molar-refractivity contribution in [1.29, 1.82) is 0 Å². The van der Waals surface area contributed by atoms with Crippen LogP contribution < -0.4 is 10.9 Å². The fraction of sp³-hybridized carbons (Fsp3) is 0.529. The molecule has 2 aromatic rings. The standard InChI is InChI=1S/C17H23N3O4S/c1-6-17(4,5)19-12(21)8-24-13(22)7-20-9-18-15-14(16(20)23)10(2)11(3)25-15/h9H,6-8H2,1-5H3,(H,19,21). The third-order valence-electron chi connectivity index (χ3n) is 4.18. The molecule has 2 rings (SSSR count). The van der Waals surface area contributed by atoms with Gasteiger partial charge in [-0.25, -0.2) is 4.98 Å². The fourth-order valence-electron chi connectivity index (χ4n) is 2.22. The Morgan fingerprint density at radius 3 is 2.68 bits per heavy atom. The van der Waals surface area contributed by atoms with Crippen LogP contribution in [0.3, 0.4) is 0 Å². The van der Waals surface area contributed by atoms with Gasteiger partial charge in [-0.15, -0.1) is 11.3 Å². The number of carbonyl (C=O) groups excluding carboxylic acids is 2. The van der Waals surface area contributed by atoms with Crippen molar-refractivity contribution in [2.75, 3.05) is 6.61 Å². The van der Waals surface area contributed by atoms with Crippen LogP contribution in [0.15, 0.2) is 11.1 Å². The molecular weight excluding hydrogens is 342 g/mol.